The minimum atomic E-state index is 0.0677. The van der Waals surface area contributed by atoms with Crippen LogP contribution in [-0.2, 0) is 17.8 Å². The summed E-state index contributed by atoms with van der Waals surface area (Å²) < 4.78 is 10.2. The minimum Gasteiger partial charge on any atom is -0.454 e. The monoisotopic (exact) mass is 513 g/mol. The first-order chi connectivity index (χ1) is 18.0. The van der Waals surface area contributed by atoms with Gasteiger partial charge in [0.05, 0.1) is 12.0 Å². The number of nitrogens with zero attached hydrogens (tertiary/aromatic N) is 2. The molecule has 190 valence electrons. The van der Waals surface area contributed by atoms with Gasteiger partial charge in [0.15, 0.2) is 11.5 Å². The highest BCUT2D eigenvalue weighted by Gasteiger charge is 2.22. The number of benzene rings is 3. The SMILES string of the molecule is CN(C)C=S.O=C(/C=C/c1ccccc1)N1CCc2c([nH]c3ccccc23)C1.c1ccc2c(c1)OCO2. The summed E-state index contributed by atoms with van der Waals surface area (Å²) in [5.41, 5.74) is 6.31. The number of hydrogen-bond donors (Lipinski definition) is 1. The number of aromatic nitrogens is 1. The van der Waals surface area contributed by atoms with Crippen molar-refractivity contribution in [3.63, 3.8) is 0 Å². The van der Waals surface area contributed by atoms with Gasteiger partial charge in [0.25, 0.3) is 0 Å². The summed E-state index contributed by atoms with van der Waals surface area (Å²) in [5, 5.41) is 1.29. The van der Waals surface area contributed by atoms with E-state index in [9.17, 15) is 4.79 Å². The van der Waals surface area contributed by atoms with Crippen molar-refractivity contribution in [1.29, 1.82) is 0 Å². The van der Waals surface area contributed by atoms with E-state index < -0.39 is 0 Å². The van der Waals surface area contributed by atoms with Crippen LogP contribution in [0.1, 0.15) is 16.8 Å². The average Bonchev–Trinajstić information content (AvgIpc) is 3.57. The topological polar surface area (TPSA) is 57.8 Å². The Balaban J connectivity index is 0.000000187. The number of H-pyrrole nitrogens is 1. The van der Waals surface area contributed by atoms with Gasteiger partial charge in [-0.05, 0) is 41.8 Å². The van der Waals surface area contributed by atoms with Crippen molar-refractivity contribution in [3.8, 4) is 11.5 Å². The Morgan fingerprint density at radius 2 is 1.57 bits per heavy atom. The van der Waals surface area contributed by atoms with Gasteiger partial charge in [-0.2, -0.15) is 0 Å². The molecule has 0 bridgehead atoms. The van der Waals surface area contributed by atoms with E-state index in [-0.39, 0.29) is 5.91 Å². The maximum Gasteiger partial charge on any atom is 0.246 e. The van der Waals surface area contributed by atoms with Gasteiger partial charge in [-0.3, -0.25) is 4.79 Å². The third-order valence-corrected chi connectivity index (χ3v) is 6.32. The molecule has 0 aliphatic carbocycles. The van der Waals surface area contributed by atoms with E-state index in [0.29, 0.717) is 13.3 Å². The number of rotatable bonds is 3. The summed E-state index contributed by atoms with van der Waals surface area (Å²) in [7, 11) is 3.79. The molecule has 6 nitrogen and oxygen atoms in total. The molecule has 0 saturated carbocycles. The predicted molar refractivity (Wildman–Crippen MR) is 153 cm³/mol. The third-order valence-electron chi connectivity index (χ3n) is 5.90. The van der Waals surface area contributed by atoms with Crippen LogP contribution in [-0.4, -0.2) is 53.6 Å². The molecule has 3 aromatic carbocycles. The molecule has 1 aromatic heterocycles. The molecule has 1 amide bonds. The molecule has 0 spiro atoms. The van der Waals surface area contributed by atoms with Gasteiger partial charge in [0, 0.05) is 43.3 Å². The van der Waals surface area contributed by atoms with Crippen LogP contribution in [0.4, 0.5) is 0 Å². The summed E-state index contributed by atoms with van der Waals surface area (Å²) in [6.07, 6.45) is 4.45. The number of hydrogen-bond acceptors (Lipinski definition) is 4. The van der Waals surface area contributed by atoms with Crippen LogP contribution in [0.15, 0.2) is 84.9 Å². The molecule has 6 rings (SSSR count). The lowest BCUT2D eigenvalue weighted by Crippen LogP contribution is -2.34. The number of carbonyl (C=O) groups excluding carboxylic acids is 1. The number of carbonyl (C=O) groups is 1. The fourth-order valence-electron chi connectivity index (χ4n) is 4.06. The first-order valence-electron chi connectivity index (χ1n) is 12.1. The fourth-order valence-corrected chi connectivity index (χ4v) is 4.06. The second-order valence-corrected chi connectivity index (χ2v) is 9.01. The highest BCUT2D eigenvalue weighted by atomic mass is 32.1. The van der Waals surface area contributed by atoms with Gasteiger partial charge < -0.3 is 24.3 Å². The maximum atomic E-state index is 12.4. The van der Waals surface area contributed by atoms with Crippen LogP contribution in [0.5, 0.6) is 11.5 Å². The van der Waals surface area contributed by atoms with Crippen molar-refractivity contribution in [2.24, 2.45) is 0 Å². The molecule has 0 unspecified atom stereocenters. The Bertz CT molecular complexity index is 1340. The lowest BCUT2D eigenvalue weighted by molar-refractivity contribution is -0.126. The van der Waals surface area contributed by atoms with Gasteiger partial charge in [-0.25, -0.2) is 0 Å². The second kappa shape index (κ2) is 12.7. The van der Waals surface area contributed by atoms with Crippen molar-refractivity contribution in [2.45, 2.75) is 13.0 Å². The van der Waals surface area contributed by atoms with Crippen molar-refractivity contribution < 1.29 is 14.3 Å². The highest BCUT2D eigenvalue weighted by molar-refractivity contribution is 7.78. The molecule has 0 fully saturated rings. The van der Waals surface area contributed by atoms with E-state index in [4.69, 9.17) is 9.47 Å². The van der Waals surface area contributed by atoms with Gasteiger partial charge in [0.2, 0.25) is 12.7 Å². The number of aromatic amines is 1. The number of amides is 1. The Kier molecular flexibility index (Phi) is 8.94. The molecular formula is C30H31N3O3S. The quantitative estimate of drug-likeness (QED) is 0.282. The number of ether oxygens (including phenoxy) is 2. The van der Waals surface area contributed by atoms with E-state index in [2.05, 4.69) is 35.4 Å². The minimum absolute atomic E-state index is 0.0677. The molecule has 0 atom stereocenters. The highest BCUT2D eigenvalue weighted by Crippen LogP contribution is 2.30. The summed E-state index contributed by atoms with van der Waals surface area (Å²) >= 11 is 4.48. The van der Waals surface area contributed by atoms with E-state index in [1.165, 1.54) is 16.6 Å². The molecule has 4 aromatic rings. The average molecular weight is 514 g/mol. The Morgan fingerprint density at radius 3 is 2.24 bits per heavy atom. The Hall–Kier alpha value is -4.10. The molecule has 2 aliphatic heterocycles. The Morgan fingerprint density at radius 1 is 0.946 bits per heavy atom. The first kappa shape index (κ1) is 26.0. The molecular weight excluding hydrogens is 482 g/mol. The summed E-state index contributed by atoms with van der Waals surface area (Å²) in [6.45, 7) is 1.79. The number of thiocarbonyl (C=S) groups is 1. The summed E-state index contributed by atoms with van der Waals surface area (Å²) in [5.74, 6) is 1.76. The number of para-hydroxylation sites is 3. The molecule has 0 saturated heterocycles. The molecule has 1 N–H and O–H groups in total. The molecule has 2 aliphatic rings. The van der Waals surface area contributed by atoms with Crippen molar-refractivity contribution >= 4 is 40.6 Å². The molecule has 37 heavy (non-hydrogen) atoms. The molecule has 0 radical (unpaired) electrons. The van der Waals surface area contributed by atoms with Crippen LogP contribution in [0.2, 0.25) is 0 Å². The lowest BCUT2D eigenvalue weighted by Gasteiger charge is -2.26. The van der Waals surface area contributed by atoms with Crippen LogP contribution >= 0.6 is 12.2 Å². The maximum absolute atomic E-state index is 12.4. The zero-order valence-corrected chi connectivity index (χ0v) is 21.9. The van der Waals surface area contributed by atoms with Crippen LogP contribution < -0.4 is 9.47 Å². The Labute approximate surface area is 223 Å². The smallest absolute Gasteiger partial charge is 0.246 e. The number of nitrogens with one attached hydrogen (secondary N) is 1. The van der Waals surface area contributed by atoms with Crippen LogP contribution in [0.3, 0.4) is 0 Å². The fraction of sp³-hybridized carbons (Fsp3) is 0.200. The van der Waals surface area contributed by atoms with Gasteiger partial charge in [0.1, 0.15) is 0 Å². The molecule has 7 heteroatoms. The lowest BCUT2D eigenvalue weighted by atomic mass is 10.0. The second-order valence-electron chi connectivity index (χ2n) is 8.80. The van der Waals surface area contributed by atoms with E-state index >= 15 is 0 Å². The van der Waals surface area contributed by atoms with Crippen LogP contribution in [0, 0.1) is 0 Å². The van der Waals surface area contributed by atoms with E-state index in [1.54, 1.807) is 11.6 Å². The van der Waals surface area contributed by atoms with Crippen LogP contribution in [0.25, 0.3) is 17.0 Å². The summed E-state index contributed by atoms with van der Waals surface area (Å²) in [4.78, 5) is 19.6. The predicted octanol–water partition coefficient (Wildman–Crippen LogP) is 5.69. The first-order valence-corrected chi connectivity index (χ1v) is 12.6. The van der Waals surface area contributed by atoms with E-state index in [0.717, 1.165) is 35.5 Å². The van der Waals surface area contributed by atoms with E-state index in [1.807, 2.05) is 90.6 Å². The third kappa shape index (κ3) is 6.98. The summed E-state index contributed by atoms with van der Waals surface area (Å²) in [6, 6.07) is 25.9. The van der Waals surface area contributed by atoms with Gasteiger partial charge in [-0.15, -0.1) is 0 Å². The van der Waals surface area contributed by atoms with Crippen molar-refractivity contribution in [3.05, 3.63) is 102 Å². The molecule has 3 heterocycles. The number of fused-ring (bicyclic) bond motifs is 4. The standard InChI is InChI=1S/C20H18N2O.C7H6O2.C3H7NS/c23-20(11-10-15-6-2-1-3-7-15)22-13-12-17-16-8-4-5-9-18(16)21-19(17)14-22;1-2-4-7-6(3-1)8-5-9-7;1-4(2)3-5/h1-11,21H,12-14H2;1-4H,5H2;3H,1-2H3/b11-10+;;. The largest absolute Gasteiger partial charge is 0.454 e. The van der Waals surface area contributed by atoms with Gasteiger partial charge in [-0.1, -0.05) is 72.9 Å². The van der Waals surface area contributed by atoms with Gasteiger partial charge >= 0.3 is 0 Å². The zero-order chi connectivity index (χ0) is 26.0. The zero-order valence-electron chi connectivity index (χ0n) is 21.1. The normalized spacial score (nSPS) is 13.2. The van der Waals surface area contributed by atoms with Crippen molar-refractivity contribution in [1.82, 2.24) is 14.8 Å². The van der Waals surface area contributed by atoms with Crippen molar-refractivity contribution in [2.75, 3.05) is 27.4 Å².